The highest BCUT2D eigenvalue weighted by atomic mass is 35.5. The predicted octanol–water partition coefficient (Wildman–Crippen LogP) is 6.75. The maximum Gasteiger partial charge on any atom is 0.254 e. The first-order chi connectivity index (χ1) is 19.3. The van der Waals surface area contributed by atoms with E-state index in [1.54, 1.807) is 31.2 Å². The second kappa shape index (κ2) is 13.2. The molecule has 2 amide bonds. The third-order valence-corrected chi connectivity index (χ3v) is 7.68. The molecule has 0 fully saturated rings. The monoisotopic (exact) mass is 572 g/mol. The summed E-state index contributed by atoms with van der Waals surface area (Å²) in [5.74, 6) is -0.673. The Labute approximate surface area is 243 Å². The van der Waals surface area contributed by atoms with Crippen molar-refractivity contribution < 1.29 is 14.3 Å². The van der Waals surface area contributed by atoms with Crippen LogP contribution in [0.5, 0.6) is 5.75 Å². The summed E-state index contributed by atoms with van der Waals surface area (Å²) in [6.45, 7) is 5.98. The molecule has 0 saturated carbocycles. The first-order valence-corrected chi connectivity index (χ1v) is 14.1. The van der Waals surface area contributed by atoms with Crippen LogP contribution in [0, 0.1) is 18.3 Å². The van der Waals surface area contributed by atoms with Crippen LogP contribution in [-0.4, -0.2) is 24.2 Å². The number of allylic oxidation sites excluding steroid dienone is 2. The molecule has 3 aromatic carbocycles. The molecule has 0 radical (unpaired) electrons. The van der Waals surface area contributed by atoms with Crippen molar-refractivity contribution >= 4 is 46.6 Å². The van der Waals surface area contributed by atoms with Gasteiger partial charge in [-0.2, -0.15) is 5.26 Å². The fourth-order valence-electron chi connectivity index (χ4n) is 4.37. The maximum atomic E-state index is 13.7. The van der Waals surface area contributed by atoms with Gasteiger partial charge < -0.3 is 20.7 Å². The Hall–Kier alpha value is -4.19. The summed E-state index contributed by atoms with van der Waals surface area (Å²) in [4.78, 5) is 26.4. The number of amides is 2. The van der Waals surface area contributed by atoms with Crippen molar-refractivity contribution in [2.24, 2.45) is 0 Å². The van der Waals surface area contributed by atoms with E-state index >= 15 is 0 Å². The first kappa shape index (κ1) is 28.8. The van der Waals surface area contributed by atoms with E-state index in [0.29, 0.717) is 56.2 Å². The normalized spacial score (nSPS) is 14.7. The average molecular weight is 573 g/mol. The van der Waals surface area contributed by atoms with Gasteiger partial charge in [0.2, 0.25) is 5.91 Å². The van der Waals surface area contributed by atoms with Crippen LogP contribution in [0.25, 0.3) is 0 Å². The number of rotatable bonds is 9. The van der Waals surface area contributed by atoms with Crippen molar-refractivity contribution in [3.63, 3.8) is 0 Å². The van der Waals surface area contributed by atoms with Crippen molar-refractivity contribution in [2.75, 3.05) is 23.0 Å². The molecule has 9 heteroatoms. The van der Waals surface area contributed by atoms with Gasteiger partial charge in [0.1, 0.15) is 5.75 Å². The number of nitrogens with zero attached hydrogens (tertiary/aromatic N) is 1. The summed E-state index contributed by atoms with van der Waals surface area (Å²) in [5.41, 5.74) is 4.14. The number of aryl methyl sites for hydroxylation is 1. The second-order valence-corrected chi connectivity index (χ2v) is 10.4. The lowest BCUT2D eigenvalue weighted by Crippen LogP contribution is -2.31. The second-order valence-electron chi connectivity index (χ2n) is 9.04. The molecule has 204 valence electrons. The fourth-order valence-corrected chi connectivity index (χ4v) is 5.44. The number of hydrogen-bond acceptors (Lipinski definition) is 6. The molecule has 40 heavy (non-hydrogen) atoms. The molecule has 0 aliphatic carbocycles. The number of nitrogens with one attached hydrogen (secondary N) is 3. The van der Waals surface area contributed by atoms with Crippen LogP contribution >= 0.6 is 23.4 Å². The molecule has 1 unspecified atom stereocenters. The number of dihydropyridines is 1. The minimum absolute atomic E-state index is 0.0393. The molecule has 1 heterocycles. The number of nitriles is 1. The van der Waals surface area contributed by atoms with E-state index in [2.05, 4.69) is 22.0 Å². The number of hydrogen-bond donors (Lipinski definition) is 3. The Morgan fingerprint density at radius 3 is 2.45 bits per heavy atom. The van der Waals surface area contributed by atoms with Gasteiger partial charge >= 0.3 is 0 Å². The SMILES string of the molecule is CCOc1ccccc1C1C(C#N)=C(SCC(=O)Nc2ccc(C)c(Cl)c2)NC(C)=C1C(=O)Nc1ccccc1. The molecule has 0 spiro atoms. The van der Waals surface area contributed by atoms with Gasteiger partial charge in [-0.25, -0.2) is 0 Å². The van der Waals surface area contributed by atoms with E-state index in [0.717, 1.165) is 5.56 Å². The molecule has 4 rings (SSSR count). The molecule has 0 saturated heterocycles. The van der Waals surface area contributed by atoms with Crippen molar-refractivity contribution in [3.8, 4) is 11.8 Å². The molecule has 1 aliphatic rings. The molecule has 3 N–H and O–H groups in total. The number of ether oxygens (including phenoxy) is 1. The Morgan fingerprint density at radius 1 is 1.02 bits per heavy atom. The minimum atomic E-state index is -0.709. The standard InChI is InChI=1S/C31H29ClN4O3S/c1-4-39-26-13-9-8-12-23(26)29-24(17-33)31(40-18-27(37)35-22-15-14-19(2)25(32)16-22)34-20(3)28(29)30(38)36-21-10-6-5-7-11-21/h5-16,29,34H,4,18H2,1-3H3,(H,35,37)(H,36,38). The van der Waals surface area contributed by atoms with E-state index in [4.69, 9.17) is 16.3 Å². The van der Waals surface area contributed by atoms with Crippen molar-refractivity contribution in [3.05, 3.63) is 111 Å². The highest BCUT2D eigenvalue weighted by Crippen LogP contribution is 2.44. The number of benzene rings is 3. The molecule has 7 nitrogen and oxygen atoms in total. The van der Waals surface area contributed by atoms with E-state index in [1.165, 1.54) is 11.8 Å². The molecule has 0 bridgehead atoms. The van der Waals surface area contributed by atoms with Crippen LogP contribution in [0.2, 0.25) is 5.02 Å². The third-order valence-electron chi connectivity index (χ3n) is 6.26. The molecule has 1 atom stereocenters. The lowest BCUT2D eigenvalue weighted by atomic mass is 9.81. The zero-order valence-corrected chi connectivity index (χ0v) is 24.0. The molecule has 0 aromatic heterocycles. The Kier molecular flexibility index (Phi) is 9.54. The van der Waals surface area contributed by atoms with E-state index in [-0.39, 0.29) is 17.6 Å². The van der Waals surface area contributed by atoms with E-state index in [9.17, 15) is 14.9 Å². The third kappa shape index (κ3) is 6.68. The van der Waals surface area contributed by atoms with Crippen LogP contribution in [0.15, 0.2) is 94.7 Å². The van der Waals surface area contributed by atoms with Gasteiger partial charge in [0.05, 0.1) is 34.9 Å². The zero-order chi connectivity index (χ0) is 28.6. The van der Waals surface area contributed by atoms with Gasteiger partial charge in [-0.1, -0.05) is 65.8 Å². The molecular weight excluding hydrogens is 544 g/mol. The van der Waals surface area contributed by atoms with Crippen LogP contribution in [0.1, 0.15) is 30.9 Å². The summed E-state index contributed by atoms with van der Waals surface area (Å²) in [5, 5.41) is 20.4. The summed E-state index contributed by atoms with van der Waals surface area (Å²) >= 11 is 7.39. The van der Waals surface area contributed by atoms with E-state index < -0.39 is 5.92 Å². The summed E-state index contributed by atoms with van der Waals surface area (Å²) in [6.07, 6.45) is 0. The maximum absolute atomic E-state index is 13.7. The quantitative estimate of drug-likeness (QED) is 0.262. The first-order valence-electron chi connectivity index (χ1n) is 12.7. The average Bonchev–Trinajstić information content (AvgIpc) is 2.94. The number of thioether (sulfide) groups is 1. The van der Waals surface area contributed by atoms with Gasteiger partial charge in [0.25, 0.3) is 5.91 Å². The van der Waals surface area contributed by atoms with Crippen molar-refractivity contribution in [1.29, 1.82) is 5.26 Å². The Morgan fingerprint density at radius 2 is 1.75 bits per heavy atom. The predicted molar refractivity (Wildman–Crippen MR) is 161 cm³/mol. The summed E-state index contributed by atoms with van der Waals surface area (Å²) < 4.78 is 5.89. The van der Waals surface area contributed by atoms with Crippen LogP contribution < -0.4 is 20.7 Å². The van der Waals surface area contributed by atoms with Crippen LogP contribution in [0.3, 0.4) is 0 Å². The molecule has 1 aliphatic heterocycles. The number of carbonyl (C=O) groups is 2. The minimum Gasteiger partial charge on any atom is -0.494 e. The van der Waals surface area contributed by atoms with Crippen LogP contribution in [0.4, 0.5) is 11.4 Å². The van der Waals surface area contributed by atoms with Gasteiger partial charge in [-0.15, -0.1) is 0 Å². The lowest BCUT2D eigenvalue weighted by Gasteiger charge is -2.30. The van der Waals surface area contributed by atoms with Gasteiger partial charge in [0, 0.05) is 33.2 Å². The van der Waals surface area contributed by atoms with Crippen molar-refractivity contribution in [1.82, 2.24) is 5.32 Å². The van der Waals surface area contributed by atoms with Crippen LogP contribution in [-0.2, 0) is 9.59 Å². The van der Waals surface area contributed by atoms with E-state index in [1.807, 2.05) is 62.4 Å². The highest BCUT2D eigenvalue weighted by Gasteiger charge is 2.36. The Balaban J connectivity index is 1.67. The number of anilines is 2. The number of para-hydroxylation sites is 2. The zero-order valence-electron chi connectivity index (χ0n) is 22.4. The number of carbonyl (C=O) groups excluding carboxylic acids is 2. The Bertz CT molecular complexity index is 1530. The lowest BCUT2D eigenvalue weighted by molar-refractivity contribution is -0.114. The largest absolute Gasteiger partial charge is 0.494 e. The highest BCUT2D eigenvalue weighted by molar-refractivity contribution is 8.03. The summed E-state index contributed by atoms with van der Waals surface area (Å²) in [7, 11) is 0. The topological polar surface area (TPSA) is 103 Å². The number of halogens is 1. The van der Waals surface area contributed by atoms with Gasteiger partial charge in [0.15, 0.2) is 0 Å². The smallest absolute Gasteiger partial charge is 0.254 e. The van der Waals surface area contributed by atoms with Crippen molar-refractivity contribution in [2.45, 2.75) is 26.7 Å². The summed E-state index contributed by atoms with van der Waals surface area (Å²) in [6, 6.07) is 24.1. The van der Waals surface area contributed by atoms with Gasteiger partial charge in [-0.3, -0.25) is 9.59 Å². The van der Waals surface area contributed by atoms with Gasteiger partial charge in [-0.05, 0) is 56.7 Å². The molecular formula is C31H29ClN4O3S. The fraction of sp³-hybridized carbons (Fsp3) is 0.194. The molecule has 3 aromatic rings.